The molecule has 0 fully saturated rings. The summed E-state index contributed by atoms with van der Waals surface area (Å²) >= 11 is 3.40. The van der Waals surface area contributed by atoms with Crippen molar-refractivity contribution in [1.29, 1.82) is 0 Å². The van der Waals surface area contributed by atoms with Gasteiger partial charge in [-0.3, -0.25) is 0 Å². The molecule has 15 heavy (non-hydrogen) atoms. The molecule has 0 aliphatic carbocycles. The molecule has 5 heteroatoms. The minimum atomic E-state index is -0.369. The topological polar surface area (TPSA) is 43.6 Å². The maximum Gasteiger partial charge on any atom is 0.341 e. The monoisotopic (exact) mass is 268 g/mol. The van der Waals surface area contributed by atoms with Crippen molar-refractivity contribution in [2.75, 3.05) is 7.11 Å². The van der Waals surface area contributed by atoms with Crippen LogP contribution in [0.15, 0.2) is 22.8 Å². The van der Waals surface area contributed by atoms with Gasteiger partial charge in [-0.25, -0.2) is 9.31 Å². The quantitative estimate of drug-likeness (QED) is 0.745. The van der Waals surface area contributed by atoms with Crippen LogP contribution < -0.4 is 0 Å². The number of fused-ring (bicyclic) bond motifs is 1. The van der Waals surface area contributed by atoms with E-state index in [2.05, 4.69) is 25.8 Å². The van der Waals surface area contributed by atoms with E-state index in [-0.39, 0.29) is 5.97 Å². The number of carbonyl (C=O) groups excluding carboxylic acids is 1. The molecule has 0 radical (unpaired) electrons. The fourth-order valence-corrected chi connectivity index (χ4v) is 1.73. The molecule has 2 aromatic heterocycles. The average Bonchev–Trinajstić information content (AvgIpc) is 2.66. The summed E-state index contributed by atoms with van der Waals surface area (Å²) in [5.74, 6) is -0.369. The molecule has 2 aromatic rings. The van der Waals surface area contributed by atoms with Crippen molar-refractivity contribution < 1.29 is 9.53 Å². The lowest BCUT2D eigenvalue weighted by molar-refractivity contribution is 0.0603. The van der Waals surface area contributed by atoms with Gasteiger partial charge in [0, 0.05) is 4.47 Å². The van der Waals surface area contributed by atoms with Gasteiger partial charge >= 0.3 is 5.97 Å². The molecular weight excluding hydrogens is 260 g/mol. The summed E-state index contributed by atoms with van der Waals surface area (Å²) in [5, 5.41) is 4.13. The fraction of sp³-hybridized carbons (Fsp3) is 0.200. The van der Waals surface area contributed by atoms with Crippen LogP contribution >= 0.6 is 15.9 Å². The zero-order valence-corrected chi connectivity index (χ0v) is 9.91. The van der Waals surface area contributed by atoms with E-state index in [1.807, 2.05) is 19.1 Å². The number of rotatable bonds is 1. The molecule has 2 rings (SSSR count). The minimum absolute atomic E-state index is 0.369. The number of ether oxygens (including phenoxy) is 1. The third-order valence-corrected chi connectivity index (χ3v) is 3.10. The first-order chi connectivity index (χ1) is 7.15. The molecule has 0 atom stereocenters. The molecular formula is C10H9BrN2O2. The lowest BCUT2D eigenvalue weighted by Gasteiger charge is -2.02. The number of nitrogens with zero attached hydrogens (tertiary/aromatic N) is 2. The molecule has 0 N–H and O–H groups in total. The molecule has 0 bridgehead atoms. The third kappa shape index (κ3) is 1.52. The van der Waals surface area contributed by atoms with Crippen LogP contribution in [-0.2, 0) is 4.74 Å². The first kappa shape index (κ1) is 10.2. The predicted octanol–water partition coefficient (Wildman–Crippen LogP) is 2.19. The molecule has 4 nitrogen and oxygen atoms in total. The van der Waals surface area contributed by atoms with Crippen LogP contribution in [-0.4, -0.2) is 22.7 Å². The van der Waals surface area contributed by atoms with Crippen molar-refractivity contribution in [2.24, 2.45) is 0 Å². The lowest BCUT2D eigenvalue weighted by Crippen LogP contribution is -2.01. The van der Waals surface area contributed by atoms with Crippen LogP contribution in [0.2, 0.25) is 0 Å². The lowest BCUT2D eigenvalue weighted by atomic mass is 10.2. The number of carbonyl (C=O) groups is 1. The van der Waals surface area contributed by atoms with E-state index in [0.29, 0.717) is 5.56 Å². The maximum atomic E-state index is 11.4. The second kappa shape index (κ2) is 3.66. The number of aromatic nitrogens is 2. The zero-order valence-electron chi connectivity index (χ0n) is 8.32. The number of methoxy groups -OCH3 is 1. The Labute approximate surface area is 95.0 Å². The Bertz CT molecular complexity index is 533. The molecule has 0 saturated carbocycles. The fourth-order valence-electron chi connectivity index (χ4n) is 1.43. The highest BCUT2D eigenvalue weighted by molar-refractivity contribution is 9.10. The second-order valence-corrected chi connectivity index (χ2v) is 3.97. The van der Waals surface area contributed by atoms with Crippen molar-refractivity contribution in [1.82, 2.24) is 9.61 Å². The Morgan fingerprint density at radius 2 is 2.27 bits per heavy atom. The summed E-state index contributed by atoms with van der Waals surface area (Å²) in [5.41, 5.74) is 2.18. The van der Waals surface area contributed by atoms with Crippen molar-refractivity contribution in [3.63, 3.8) is 0 Å². The van der Waals surface area contributed by atoms with Crippen molar-refractivity contribution >= 4 is 27.4 Å². The van der Waals surface area contributed by atoms with E-state index in [9.17, 15) is 4.79 Å². The average molecular weight is 269 g/mol. The minimum Gasteiger partial charge on any atom is -0.465 e. The van der Waals surface area contributed by atoms with Crippen LogP contribution in [0.4, 0.5) is 0 Å². The molecule has 0 unspecified atom stereocenters. The largest absolute Gasteiger partial charge is 0.465 e. The molecule has 0 saturated heterocycles. The van der Waals surface area contributed by atoms with Crippen LogP contribution in [0.3, 0.4) is 0 Å². The van der Waals surface area contributed by atoms with E-state index in [4.69, 9.17) is 0 Å². The van der Waals surface area contributed by atoms with E-state index in [1.165, 1.54) is 13.3 Å². The van der Waals surface area contributed by atoms with Gasteiger partial charge in [0.15, 0.2) is 0 Å². The summed E-state index contributed by atoms with van der Waals surface area (Å²) in [6.07, 6.45) is 1.51. The molecule has 0 aromatic carbocycles. The number of aryl methyl sites for hydroxylation is 1. The van der Waals surface area contributed by atoms with Crippen LogP contribution in [0.5, 0.6) is 0 Å². The highest BCUT2D eigenvalue weighted by Gasteiger charge is 2.14. The molecule has 0 aliphatic rings. The van der Waals surface area contributed by atoms with E-state index >= 15 is 0 Å². The zero-order chi connectivity index (χ0) is 11.0. The maximum absolute atomic E-state index is 11.4. The van der Waals surface area contributed by atoms with Gasteiger partial charge in [-0.2, -0.15) is 5.10 Å². The van der Waals surface area contributed by atoms with Crippen molar-refractivity contribution in [3.05, 3.63) is 34.1 Å². The van der Waals surface area contributed by atoms with Gasteiger partial charge < -0.3 is 4.74 Å². The summed E-state index contributed by atoms with van der Waals surface area (Å²) in [6.45, 7) is 1.92. The standard InChI is InChI=1S/C10H9BrN2O2/c1-6-8(11)3-4-9-7(10(14)15-2)5-12-13(6)9/h3-5H,1-2H3. The van der Waals surface area contributed by atoms with Gasteiger partial charge in [0.25, 0.3) is 0 Å². The summed E-state index contributed by atoms with van der Waals surface area (Å²) in [6, 6.07) is 3.72. The van der Waals surface area contributed by atoms with Gasteiger partial charge in [0.2, 0.25) is 0 Å². The molecule has 0 aliphatic heterocycles. The van der Waals surface area contributed by atoms with Gasteiger partial charge in [0.1, 0.15) is 5.56 Å². The number of esters is 1. The van der Waals surface area contributed by atoms with Gasteiger partial charge in [-0.05, 0) is 35.0 Å². The van der Waals surface area contributed by atoms with Crippen molar-refractivity contribution in [2.45, 2.75) is 6.92 Å². The molecule has 2 heterocycles. The Kier molecular flexibility index (Phi) is 2.48. The Balaban J connectivity index is 2.72. The number of hydrogen-bond donors (Lipinski definition) is 0. The van der Waals surface area contributed by atoms with Crippen molar-refractivity contribution in [3.8, 4) is 0 Å². The molecule has 0 spiro atoms. The number of pyridine rings is 1. The van der Waals surface area contributed by atoms with E-state index in [1.54, 1.807) is 4.52 Å². The smallest absolute Gasteiger partial charge is 0.341 e. The van der Waals surface area contributed by atoms with E-state index < -0.39 is 0 Å². The SMILES string of the molecule is COC(=O)c1cnn2c(C)c(Br)ccc12. The third-order valence-electron chi connectivity index (χ3n) is 2.26. The highest BCUT2D eigenvalue weighted by Crippen LogP contribution is 2.20. The predicted molar refractivity (Wildman–Crippen MR) is 59.0 cm³/mol. The second-order valence-electron chi connectivity index (χ2n) is 3.11. The molecule has 78 valence electrons. The van der Waals surface area contributed by atoms with Crippen LogP contribution in [0, 0.1) is 6.92 Å². The van der Waals surface area contributed by atoms with Gasteiger partial charge in [-0.15, -0.1) is 0 Å². The Morgan fingerprint density at radius 1 is 1.53 bits per heavy atom. The highest BCUT2D eigenvalue weighted by atomic mass is 79.9. The first-order valence-corrected chi connectivity index (χ1v) is 5.15. The number of halogens is 1. The number of hydrogen-bond acceptors (Lipinski definition) is 3. The normalized spacial score (nSPS) is 10.6. The van der Waals surface area contributed by atoms with Gasteiger partial charge in [0.05, 0.1) is 24.5 Å². The summed E-state index contributed by atoms with van der Waals surface area (Å²) < 4.78 is 7.33. The summed E-state index contributed by atoms with van der Waals surface area (Å²) in [4.78, 5) is 11.4. The summed E-state index contributed by atoms with van der Waals surface area (Å²) in [7, 11) is 1.36. The Morgan fingerprint density at radius 3 is 2.93 bits per heavy atom. The van der Waals surface area contributed by atoms with Gasteiger partial charge in [-0.1, -0.05) is 0 Å². The molecule has 0 amide bonds. The first-order valence-electron chi connectivity index (χ1n) is 4.36. The van der Waals surface area contributed by atoms with Crippen LogP contribution in [0.1, 0.15) is 16.1 Å². The van der Waals surface area contributed by atoms with E-state index in [0.717, 1.165) is 15.7 Å². The Hall–Kier alpha value is -1.36. The van der Waals surface area contributed by atoms with Crippen LogP contribution in [0.25, 0.3) is 5.52 Å².